The molecular weight excluding hydrogens is 400 g/mol. The van der Waals surface area contributed by atoms with Gasteiger partial charge in [-0.25, -0.2) is 0 Å². The van der Waals surface area contributed by atoms with Crippen LogP contribution in [0.25, 0.3) is 27.5 Å². The number of hydrogen-bond donors (Lipinski definition) is 0. The Morgan fingerprint density at radius 1 is 0.727 bits per heavy atom. The standard InChI is InChI=1S/C31H32N2/c1-5-22(3)24-13-19-31-29(21-24)28-20-23(6-2)12-18-30(28)33(31)27-16-14-26(15-17-27)32(4)25-10-8-7-9-11-25/h7-22H,5-6H2,1-4H3. The number of aryl methyl sites for hydroxylation is 1. The van der Waals surface area contributed by atoms with Crippen LogP contribution in [-0.4, -0.2) is 11.6 Å². The maximum absolute atomic E-state index is 2.42. The van der Waals surface area contributed by atoms with E-state index in [0.29, 0.717) is 5.92 Å². The second-order valence-corrected chi connectivity index (χ2v) is 9.04. The minimum atomic E-state index is 0.565. The summed E-state index contributed by atoms with van der Waals surface area (Å²) in [6, 6.07) is 33.4. The Bertz CT molecular complexity index is 1390. The molecule has 0 aliphatic carbocycles. The lowest BCUT2D eigenvalue weighted by Gasteiger charge is -2.20. The minimum Gasteiger partial charge on any atom is -0.345 e. The average molecular weight is 433 g/mol. The largest absolute Gasteiger partial charge is 0.345 e. The highest BCUT2D eigenvalue weighted by Gasteiger charge is 2.15. The van der Waals surface area contributed by atoms with E-state index in [9.17, 15) is 0 Å². The summed E-state index contributed by atoms with van der Waals surface area (Å²) in [4.78, 5) is 2.22. The van der Waals surface area contributed by atoms with Crippen molar-refractivity contribution in [1.82, 2.24) is 4.57 Å². The molecule has 1 aromatic heterocycles. The number of aromatic nitrogens is 1. The zero-order valence-corrected chi connectivity index (χ0v) is 20.0. The molecule has 1 heterocycles. The van der Waals surface area contributed by atoms with Gasteiger partial charge in [-0.2, -0.15) is 0 Å². The first-order valence-corrected chi connectivity index (χ1v) is 12.1. The van der Waals surface area contributed by atoms with E-state index in [4.69, 9.17) is 0 Å². The Balaban J connectivity index is 1.65. The van der Waals surface area contributed by atoms with Crippen LogP contribution in [-0.2, 0) is 6.42 Å². The molecule has 0 aliphatic heterocycles. The molecule has 0 spiro atoms. The monoisotopic (exact) mass is 432 g/mol. The molecule has 0 amide bonds. The lowest BCUT2D eigenvalue weighted by atomic mass is 9.96. The molecule has 5 aromatic rings. The Morgan fingerprint density at radius 3 is 2.03 bits per heavy atom. The number of nitrogens with zero attached hydrogens (tertiary/aromatic N) is 2. The van der Waals surface area contributed by atoms with E-state index in [1.807, 2.05) is 0 Å². The third kappa shape index (κ3) is 3.80. The number of benzene rings is 4. The molecule has 166 valence electrons. The van der Waals surface area contributed by atoms with Gasteiger partial charge < -0.3 is 9.47 Å². The third-order valence-electron chi connectivity index (χ3n) is 7.08. The molecule has 0 radical (unpaired) electrons. The molecule has 0 fully saturated rings. The van der Waals surface area contributed by atoms with Crippen LogP contribution in [0.1, 0.15) is 44.2 Å². The summed E-state index contributed by atoms with van der Waals surface area (Å²) in [6.07, 6.45) is 2.20. The first-order valence-electron chi connectivity index (χ1n) is 12.1. The van der Waals surface area contributed by atoms with E-state index in [2.05, 4.69) is 128 Å². The van der Waals surface area contributed by atoms with Gasteiger partial charge in [0, 0.05) is 34.9 Å². The van der Waals surface area contributed by atoms with Gasteiger partial charge in [0.1, 0.15) is 0 Å². The first-order chi connectivity index (χ1) is 16.1. The van der Waals surface area contributed by atoms with E-state index in [0.717, 1.165) is 12.8 Å². The molecule has 4 aromatic carbocycles. The van der Waals surface area contributed by atoms with Crippen LogP contribution >= 0.6 is 0 Å². The van der Waals surface area contributed by atoms with Crippen molar-refractivity contribution in [1.29, 1.82) is 0 Å². The molecule has 2 heteroatoms. The summed E-state index contributed by atoms with van der Waals surface area (Å²) in [5.74, 6) is 0.565. The van der Waals surface area contributed by atoms with Crippen LogP contribution in [0.2, 0.25) is 0 Å². The Hall–Kier alpha value is -3.52. The van der Waals surface area contributed by atoms with Gasteiger partial charge in [-0.1, -0.05) is 51.1 Å². The molecule has 0 bridgehead atoms. The maximum Gasteiger partial charge on any atom is 0.0541 e. The molecule has 0 N–H and O–H groups in total. The van der Waals surface area contributed by atoms with E-state index in [-0.39, 0.29) is 0 Å². The van der Waals surface area contributed by atoms with Crippen molar-refractivity contribution in [2.45, 2.75) is 39.5 Å². The molecule has 5 rings (SSSR count). The number of rotatable bonds is 6. The second kappa shape index (κ2) is 8.78. The summed E-state index contributed by atoms with van der Waals surface area (Å²) >= 11 is 0. The van der Waals surface area contributed by atoms with Crippen LogP contribution in [0.4, 0.5) is 11.4 Å². The number of para-hydroxylation sites is 1. The van der Waals surface area contributed by atoms with Crippen molar-refractivity contribution in [3.05, 3.63) is 102 Å². The SMILES string of the molecule is CCc1ccc2c(c1)c1cc(C(C)CC)ccc1n2-c1ccc(N(C)c2ccccc2)cc1. The van der Waals surface area contributed by atoms with Crippen LogP contribution in [0.5, 0.6) is 0 Å². The van der Waals surface area contributed by atoms with Crippen LogP contribution < -0.4 is 4.90 Å². The Kier molecular flexibility index (Phi) is 5.68. The van der Waals surface area contributed by atoms with E-state index in [1.165, 1.54) is 50.0 Å². The predicted octanol–water partition coefficient (Wildman–Crippen LogP) is 8.63. The lowest BCUT2D eigenvalue weighted by molar-refractivity contribution is 0.735. The van der Waals surface area contributed by atoms with E-state index < -0.39 is 0 Å². The summed E-state index contributed by atoms with van der Waals surface area (Å²) < 4.78 is 2.41. The van der Waals surface area contributed by atoms with Crippen molar-refractivity contribution >= 4 is 33.2 Å². The van der Waals surface area contributed by atoms with Gasteiger partial charge in [-0.05, 0) is 90.6 Å². The van der Waals surface area contributed by atoms with Gasteiger partial charge >= 0.3 is 0 Å². The number of fused-ring (bicyclic) bond motifs is 3. The zero-order chi connectivity index (χ0) is 22.9. The molecule has 0 saturated heterocycles. The summed E-state index contributed by atoms with van der Waals surface area (Å²) in [5, 5.41) is 2.70. The quantitative estimate of drug-likeness (QED) is 0.261. The van der Waals surface area contributed by atoms with Crippen LogP contribution in [0, 0.1) is 0 Å². The Morgan fingerprint density at radius 2 is 1.36 bits per heavy atom. The second-order valence-electron chi connectivity index (χ2n) is 9.04. The number of anilines is 2. The fourth-order valence-electron chi connectivity index (χ4n) is 4.75. The van der Waals surface area contributed by atoms with E-state index >= 15 is 0 Å². The molecule has 1 atom stereocenters. The van der Waals surface area contributed by atoms with Crippen molar-refractivity contribution in [3.63, 3.8) is 0 Å². The smallest absolute Gasteiger partial charge is 0.0541 e. The first kappa shape index (κ1) is 21.3. The van der Waals surface area contributed by atoms with Gasteiger partial charge in [-0.15, -0.1) is 0 Å². The topological polar surface area (TPSA) is 8.17 Å². The van der Waals surface area contributed by atoms with Gasteiger partial charge in [0.15, 0.2) is 0 Å². The van der Waals surface area contributed by atoms with Crippen molar-refractivity contribution in [3.8, 4) is 5.69 Å². The zero-order valence-electron chi connectivity index (χ0n) is 20.0. The van der Waals surface area contributed by atoms with Crippen molar-refractivity contribution in [2.24, 2.45) is 0 Å². The third-order valence-corrected chi connectivity index (χ3v) is 7.08. The minimum absolute atomic E-state index is 0.565. The fraction of sp³-hybridized carbons (Fsp3) is 0.226. The van der Waals surface area contributed by atoms with Gasteiger partial charge in [-0.3, -0.25) is 0 Å². The summed E-state index contributed by atoms with van der Waals surface area (Å²) in [6.45, 7) is 6.81. The van der Waals surface area contributed by atoms with E-state index in [1.54, 1.807) is 0 Å². The molecule has 1 unspecified atom stereocenters. The average Bonchev–Trinajstić information content (AvgIpc) is 3.21. The summed E-state index contributed by atoms with van der Waals surface area (Å²) in [5.41, 5.74) is 8.91. The molecule has 33 heavy (non-hydrogen) atoms. The number of hydrogen-bond acceptors (Lipinski definition) is 1. The molecule has 0 saturated carbocycles. The van der Waals surface area contributed by atoms with Gasteiger partial charge in [0.05, 0.1) is 11.0 Å². The molecule has 2 nitrogen and oxygen atoms in total. The fourth-order valence-corrected chi connectivity index (χ4v) is 4.75. The maximum atomic E-state index is 2.42. The molecular formula is C31H32N2. The predicted molar refractivity (Wildman–Crippen MR) is 143 cm³/mol. The van der Waals surface area contributed by atoms with Crippen LogP contribution in [0.15, 0.2) is 91.0 Å². The Labute approximate surface area is 197 Å². The van der Waals surface area contributed by atoms with Gasteiger partial charge in [0.25, 0.3) is 0 Å². The lowest BCUT2D eigenvalue weighted by Crippen LogP contribution is -2.09. The molecule has 0 aliphatic rings. The summed E-state index contributed by atoms with van der Waals surface area (Å²) in [7, 11) is 2.12. The normalized spacial score (nSPS) is 12.4. The van der Waals surface area contributed by atoms with Crippen molar-refractivity contribution < 1.29 is 0 Å². The highest BCUT2D eigenvalue weighted by Crippen LogP contribution is 2.36. The van der Waals surface area contributed by atoms with Crippen LogP contribution in [0.3, 0.4) is 0 Å². The van der Waals surface area contributed by atoms with Crippen molar-refractivity contribution in [2.75, 3.05) is 11.9 Å². The highest BCUT2D eigenvalue weighted by atomic mass is 15.1. The highest BCUT2D eigenvalue weighted by molar-refractivity contribution is 6.09. The van der Waals surface area contributed by atoms with Gasteiger partial charge in [0.2, 0.25) is 0 Å².